The van der Waals surface area contributed by atoms with Crippen LogP contribution in [0.1, 0.15) is 10.4 Å². The Kier molecular flexibility index (Phi) is 5.06. The number of methoxy groups -OCH3 is 1. The quantitative estimate of drug-likeness (QED) is 0.401. The molecular formula is C24H15F2N5O2. The van der Waals surface area contributed by atoms with Crippen molar-refractivity contribution in [3.05, 3.63) is 84.4 Å². The maximum absolute atomic E-state index is 14.6. The molecule has 4 aromatic heterocycles. The van der Waals surface area contributed by atoms with E-state index in [0.29, 0.717) is 39.4 Å². The van der Waals surface area contributed by atoms with Crippen molar-refractivity contribution in [2.24, 2.45) is 0 Å². The summed E-state index contributed by atoms with van der Waals surface area (Å²) in [5.74, 6) is -1.57. The number of hydrogen-bond donors (Lipinski definition) is 1. The van der Waals surface area contributed by atoms with Crippen LogP contribution in [0.15, 0.2) is 67.3 Å². The number of aromatic nitrogens is 5. The van der Waals surface area contributed by atoms with E-state index in [-0.39, 0.29) is 11.1 Å². The molecule has 0 amide bonds. The minimum Gasteiger partial charge on any atom is -0.465 e. The topological polar surface area (TPSA) is 93.7 Å². The minimum atomic E-state index is -0.806. The second-order valence-corrected chi connectivity index (χ2v) is 7.13. The summed E-state index contributed by atoms with van der Waals surface area (Å²) in [7, 11) is 1.31. The molecule has 0 fully saturated rings. The standard InChI is InChI=1S/C24H15F2N5O2/c1-33-24(32)14-6-4-13(5-7-14)22-29-19-9-16(20-17(25)11-28-12-18(20)26)21(30-23(19)31-22)15-3-2-8-27-10-15/h2-12H,1H3,(H,29,30,31). The first-order valence-electron chi connectivity index (χ1n) is 9.84. The van der Waals surface area contributed by atoms with E-state index in [9.17, 15) is 13.6 Å². The number of nitrogens with one attached hydrogen (secondary N) is 1. The van der Waals surface area contributed by atoms with Crippen LogP contribution in [0.2, 0.25) is 0 Å². The molecule has 9 heteroatoms. The number of hydrogen-bond acceptors (Lipinski definition) is 6. The van der Waals surface area contributed by atoms with Crippen molar-refractivity contribution in [3.8, 4) is 33.8 Å². The molecule has 0 aliphatic rings. The number of benzene rings is 1. The van der Waals surface area contributed by atoms with Crippen LogP contribution in [0.4, 0.5) is 8.78 Å². The molecule has 0 radical (unpaired) electrons. The summed E-state index contributed by atoms with van der Waals surface area (Å²) in [6.45, 7) is 0. The number of imidazole rings is 1. The molecule has 1 N–H and O–H groups in total. The van der Waals surface area contributed by atoms with E-state index >= 15 is 0 Å². The zero-order chi connectivity index (χ0) is 22.9. The van der Waals surface area contributed by atoms with Gasteiger partial charge in [0, 0.05) is 29.1 Å². The van der Waals surface area contributed by atoms with Crippen molar-refractivity contribution >= 4 is 17.1 Å². The van der Waals surface area contributed by atoms with Crippen molar-refractivity contribution in [1.29, 1.82) is 0 Å². The van der Waals surface area contributed by atoms with Gasteiger partial charge in [0.25, 0.3) is 0 Å². The van der Waals surface area contributed by atoms with Crippen molar-refractivity contribution in [3.63, 3.8) is 0 Å². The molecule has 4 heterocycles. The fourth-order valence-corrected chi connectivity index (χ4v) is 3.54. The third kappa shape index (κ3) is 3.69. The number of aromatic amines is 1. The van der Waals surface area contributed by atoms with Crippen LogP contribution in [-0.4, -0.2) is 38.0 Å². The van der Waals surface area contributed by atoms with Crippen molar-refractivity contribution < 1.29 is 18.3 Å². The lowest BCUT2D eigenvalue weighted by Gasteiger charge is -2.10. The number of pyridine rings is 3. The Bertz CT molecular complexity index is 1460. The second-order valence-electron chi connectivity index (χ2n) is 7.13. The SMILES string of the molecule is COC(=O)c1ccc(-c2nc3nc(-c4cccnc4)c(-c4c(F)cncc4F)cc3[nH]2)cc1. The zero-order valence-corrected chi connectivity index (χ0v) is 17.2. The summed E-state index contributed by atoms with van der Waals surface area (Å²) < 4.78 is 34.0. The molecule has 0 saturated heterocycles. The Morgan fingerprint density at radius 1 is 0.939 bits per heavy atom. The summed E-state index contributed by atoms with van der Waals surface area (Å²) in [5, 5.41) is 0. The Hall–Kier alpha value is -4.53. The van der Waals surface area contributed by atoms with E-state index in [1.807, 2.05) is 0 Å². The molecule has 0 bridgehead atoms. The van der Waals surface area contributed by atoms with Gasteiger partial charge in [-0.15, -0.1) is 0 Å². The van der Waals surface area contributed by atoms with Gasteiger partial charge in [-0.25, -0.2) is 23.5 Å². The largest absolute Gasteiger partial charge is 0.465 e. The summed E-state index contributed by atoms with van der Waals surface area (Å²) in [6.07, 6.45) is 5.07. The van der Waals surface area contributed by atoms with E-state index in [1.165, 1.54) is 7.11 Å². The molecule has 162 valence electrons. The monoisotopic (exact) mass is 443 g/mol. The molecule has 1 aromatic carbocycles. The summed E-state index contributed by atoms with van der Waals surface area (Å²) >= 11 is 0. The van der Waals surface area contributed by atoms with Gasteiger partial charge in [0.15, 0.2) is 17.3 Å². The molecule has 0 saturated carbocycles. The van der Waals surface area contributed by atoms with Crippen molar-refractivity contribution in [1.82, 2.24) is 24.9 Å². The van der Waals surface area contributed by atoms with Crippen molar-refractivity contribution in [2.75, 3.05) is 7.11 Å². The van der Waals surface area contributed by atoms with Crippen LogP contribution in [0.5, 0.6) is 0 Å². The number of ether oxygens (including phenoxy) is 1. The van der Waals surface area contributed by atoms with E-state index in [0.717, 1.165) is 12.4 Å². The molecular weight excluding hydrogens is 428 g/mol. The number of carbonyl (C=O) groups is 1. The Labute approximate surface area is 186 Å². The van der Waals surface area contributed by atoms with E-state index < -0.39 is 17.6 Å². The third-order valence-electron chi connectivity index (χ3n) is 5.11. The Morgan fingerprint density at radius 3 is 2.36 bits per heavy atom. The molecule has 0 aliphatic carbocycles. The minimum absolute atomic E-state index is 0.239. The van der Waals surface area contributed by atoms with Crippen LogP contribution in [0.25, 0.3) is 44.9 Å². The third-order valence-corrected chi connectivity index (χ3v) is 5.11. The average Bonchev–Trinajstić information content (AvgIpc) is 3.27. The lowest BCUT2D eigenvalue weighted by atomic mass is 10.00. The first kappa shape index (κ1) is 20.4. The van der Waals surface area contributed by atoms with E-state index in [1.54, 1.807) is 54.9 Å². The van der Waals surface area contributed by atoms with Gasteiger partial charge in [-0.3, -0.25) is 9.97 Å². The van der Waals surface area contributed by atoms with E-state index in [4.69, 9.17) is 4.74 Å². The highest BCUT2D eigenvalue weighted by Gasteiger charge is 2.20. The maximum atomic E-state index is 14.6. The number of rotatable bonds is 4. The predicted molar refractivity (Wildman–Crippen MR) is 117 cm³/mol. The number of esters is 1. The van der Waals surface area contributed by atoms with Gasteiger partial charge >= 0.3 is 5.97 Å². The number of halogens is 2. The molecule has 5 aromatic rings. The highest BCUT2D eigenvalue weighted by Crippen LogP contribution is 2.35. The molecule has 33 heavy (non-hydrogen) atoms. The maximum Gasteiger partial charge on any atom is 0.337 e. The highest BCUT2D eigenvalue weighted by atomic mass is 19.1. The molecule has 0 unspecified atom stereocenters. The van der Waals surface area contributed by atoms with Gasteiger partial charge in [0.1, 0.15) is 5.82 Å². The molecule has 0 aliphatic heterocycles. The van der Waals surface area contributed by atoms with E-state index in [2.05, 4.69) is 24.9 Å². The van der Waals surface area contributed by atoms with Crippen LogP contribution >= 0.6 is 0 Å². The summed E-state index contributed by atoms with van der Waals surface area (Å²) in [5.41, 5.74) is 2.86. The number of fused-ring (bicyclic) bond motifs is 1. The van der Waals surface area contributed by atoms with Gasteiger partial charge in [-0.05, 0) is 30.3 Å². The lowest BCUT2D eigenvalue weighted by molar-refractivity contribution is 0.0600. The lowest BCUT2D eigenvalue weighted by Crippen LogP contribution is -2.00. The molecule has 0 spiro atoms. The van der Waals surface area contributed by atoms with Crippen LogP contribution in [-0.2, 0) is 4.74 Å². The fraction of sp³-hybridized carbons (Fsp3) is 0.0417. The predicted octanol–water partition coefficient (Wildman–Crippen LogP) is 4.81. The number of nitrogens with zero attached hydrogens (tertiary/aromatic N) is 4. The average molecular weight is 443 g/mol. The highest BCUT2D eigenvalue weighted by molar-refractivity contribution is 5.91. The molecule has 5 rings (SSSR count). The fourth-order valence-electron chi connectivity index (χ4n) is 3.54. The number of carbonyl (C=O) groups excluding carboxylic acids is 1. The summed E-state index contributed by atoms with van der Waals surface area (Å²) in [6, 6.07) is 11.7. The van der Waals surface area contributed by atoms with Gasteiger partial charge in [0.05, 0.1) is 41.8 Å². The van der Waals surface area contributed by atoms with Gasteiger partial charge in [-0.2, -0.15) is 0 Å². The normalized spacial score (nSPS) is 11.0. The van der Waals surface area contributed by atoms with Crippen LogP contribution in [0, 0.1) is 11.6 Å². The van der Waals surface area contributed by atoms with Crippen LogP contribution in [0.3, 0.4) is 0 Å². The molecule has 7 nitrogen and oxygen atoms in total. The van der Waals surface area contributed by atoms with Gasteiger partial charge in [-0.1, -0.05) is 12.1 Å². The molecule has 0 atom stereocenters. The van der Waals surface area contributed by atoms with Crippen LogP contribution < -0.4 is 0 Å². The Morgan fingerprint density at radius 2 is 1.70 bits per heavy atom. The van der Waals surface area contributed by atoms with Crippen molar-refractivity contribution in [2.45, 2.75) is 0 Å². The number of H-pyrrole nitrogens is 1. The summed E-state index contributed by atoms with van der Waals surface area (Å²) in [4.78, 5) is 31.6. The van der Waals surface area contributed by atoms with Gasteiger partial charge < -0.3 is 9.72 Å². The first-order chi connectivity index (χ1) is 16.0. The first-order valence-corrected chi connectivity index (χ1v) is 9.84. The smallest absolute Gasteiger partial charge is 0.337 e. The Balaban J connectivity index is 1.69. The van der Waals surface area contributed by atoms with Gasteiger partial charge in [0.2, 0.25) is 0 Å². The zero-order valence-electron chi connectivity index (χ0n) is 17.2. The second kappa shape index (κ2) is 8.19.